The first-order valence-corrected chi connectivity index (χ1v) is 5.75. The highest BCUT2D eigenvalue weighted by Gasteiger charge is 2.09. The van der Waals surface area contributed by atoms with E-state index in [1.165, 1.54) is 0 Å². The van der Waals surface area contributed by atoms with Crippen molar-refractivity contribution in [1.29, 1.82) is 0 Å². The fourth-order valence-electron chi connectivity index (χ4n) is 1.39. The normalized spacial score (nSPS) is 10.4. The third-order valence-electron chi connectivity index (χ3n) is 2.06. The number of hydrogen-bond donors (Lipinski definition) is 2. The van der Waals surface area contributed by atoms with Gasteiger partial charge in [-0.05, 0) is 34.5 Å². The number of rotatable bonds is 5. The summed E-state index contributed by atoms with van der Waals surface area (Å²) in [5.41, 5.74) is 12.2. The molecule has 1 aromatic rings. The van der Waals surface area contributed by atoms with Gasteiger partial charge in [0, 0.05) is 32.4 Å². The molecule has 0 aliphatic rings. The number of pyridine rings is 1. The summed E-state index contributed by atoms with van der Waals surface area (Å²) < 4.78 is 0.990. The first-order valence-electron chi connectivity index (χ1n) is 4.96. The molecular weight excluding hydrogens is 256 g/mol. The van der Waals surface area contributed by atoms with E-state index in [9.17, 15) is 0 Å². The second-order valence-corrected chi connectivity index (χ2v) is 4.24. The standard InChI is InChI=1S/C10H17BrN4/c1-8-6-9(11)10(14-7-8)15(4-2-12)5-3-13/h6-7H,2-5,12-13H2,1H3. The van der Waals surface area contributed by atoms with Crippen molar-refractivity contribution >= 4 is 21.7 Å². The maximum Gasteiger partial charge on any atom is 0.142 e. The molecule has 0 fully saturated rings. The van der Waals surface area contributed by atoms with Gasteiger partial charge in [0.2, 0.25) is 0 Å². The Bertz CT molecular complexity index is 310. The molecule has 0 aliphatic carbocycles. The molecule has 0 amide bonds. The first kappa shape index (κ1) is 12.4. The van der Waals surface area contributed by atoms with E-state index < -0.39 is 0 Å². The molecule has 4 N–H and O–H groups in total. The predicted octanol–water partition coefficient (Wildman–Crippen LogP) is 0.876. The summed E-state index contributed by atoms with van der Waals surface area (Å²) in [5, 5.41) is 0. The Balaban J connectivity index is 2.89. The van der Waals surface area contributed by atoms with E-state index in [2.05, 4.69) is 25.8 Å². The Morgan fingerprint density at radius 3 is 2.40 bits per heavy atom. The highest BCUT2D eigenvalue weighted by Crippen LogP contribution is 2.23. The quantitative estimate of drug-likeness (QED) is 0.835. The maximum absolute atomic E-state index is 5.55. The van der Waals surface area contributed by atoms with Crippen molar-refractivity contribution < 1.29 is 0 Å². The van der Waals surface area contributed by atoms with Crippen LogP contribution in [0.1, 0.15) is 5.56 Å². The van der Waals surface area contributed by atoms with Crippen LogP contribution in [-0.2, 0) is 0 Å². The van der Waals surface area contributed by atoms with Gasteiger partial charge in [-0.2, -0.15) is 0 Å². The lowest BCUT2D eigenvalue weighted by atomic mass is 10.3. The molecule has 0 aromatic carbocycles. The lowest BCUT2D eigenvalue weighted by Gasteiger charge is -2.23. The number of hydrogen-bond acceptors (Lipinski definition) is 4. The van der Waals surface area contributed by atoms with Crippen molar-refractivity contribution in [3.05, 3.63) is 22.3 Å². The molecule has 0 aliphatic heterocycles. The van der Waals surface area contributed by atoms with E-state index in [4.69, 9.17) is 11.5 Å². The second kappa shape index (κ2) is 6.05. The number of aromatic nitrogens is 1. The fraction of sp³-hybridized carbons (Fsp3) is 0.500. The van der Waals surface area contributed by atoms with Crippen LogP contribution < -0.4 is 16.4 Å². The van der Waals surface area contributed by atoms with Crippen LogP contribution in [0.3, 0.4) is 0 Å². The lowest BCUT2D eigenvalue weighted by molar-refractivity contribution is 0.767. The van der Waals surface area contributed by atoms with Crippen molar-refractivity contribution in [2.75, 3.05) is 31.1 Å². The van der Waals surface area contributed by atoms with Gasteiger partial charge in [-0.1, -0.05) is 0 Å². The zero-order valence-corrected chi connectivity index (χ0v) is 10.5. The molecule has 0 unspecified atom stereocenters. The highest BCUT2D eigenvalue weighted by atomic mass is 79.9. The smallest absolute Gasteiger partial charge is 0.142 e. The van der Waals surface area contributed by atoms with Crippen LogP contribution in [0.5, 0.6) is 0 Å². The van der Waals surface area contributed by atoms with Gasteiger partial charge in [0.25, 0.3) is 0 Å². The van der Waals surface area contributed by atoms with E-state index in [1.54, 1.807) is 0 Å². The molecule has 5 heteroatoms. The Morgan fingerprint density at radius 2 is 1.93 bits per heavy atom. The van der Waals surface area contributed by atoms with Gasteiger partial charge in [-0.15, -0.1) is 0 Å². The first-order chi connectivity index (χ1) is 7.19. The Morgan fingerprint density at radius 1 is 1.33 bits per heavy atom. The molecule has 1 rings (SSSR count). The molecule has 0 saturated carbocycles. The predicted molar refractivity (Wildman–Crippen MR) is 67.0 cm³/mol. The van der Waals surface area contributed by atoms with Crippen LogP contribution in [0.25, 0.3) is 0 Å². The minimum Gasteiger partial charge on any atom is -0.353 e. The Hall–Kier alpha value is -0.650. The van der Waals surface area contributed by atoms with Crippen molar-refractivity contribution in [3.8, 4) is 0 Å². The van der Waals surface area contributed by atoms with Crippen molar-refractivity contribution in [2.45, 2.75) is 6.92 Å². The van der Waals surface area contributed by atoms with Gasteiger partial charge in [-0.3, -0.25) is 0 Å². The summed E-state index contributed by atoms with van der Waals surface area (Å²) in [7, 11) is 0. The van der Waals surface area contributed by atoms with Crippen LogP contribution in [0.2, 0.25) is 0 Å². The molecule has 0 radical (unpaired) electrons. The van der Waals surface area contributed by atoms with Gasteiger partial charge in [0.1, 0.15) is 5.82 Å². The minimum atomic E-state index is 0.599. The monoisotopic (exact) mass is 272 g/mol. The largest absolute Gasteiger partial charge is 0.353 e. The SMILES string of the molecule is Cc1cnc(N(CCN)CCN)c(Br)c1. The minimum absolute atomic E-state index is 0.599. The van der Waals surface area contributed by atoms with Crippen molar-refractivity contribution in [1.82, 2.24) is 4.98 Å². The topological polar surface area (TPSA) is 68.2 Å². The summed E-state index contributed by atoms with van der Waals surface area (Å²) in [6.07, 6.45) is 1.85. The van der Waals surface area contributed by atoms with Crippen LogP contribution in [0.4, 0.5) is 5.82 Å². The molecule has 15 heavy (non-hydrogen) atoms. The van der Waals surface area contributed by atoms with Crippen LogP contribution in [0.15, 0.2) is 16.7 Å². The van der Waals surface area contributed by atoms with Gasteiger partial charge in [0.05, 0.1) is 4.47 Å². The van der Waals surface area contributed by atoms with Crippen molar-refractivity contribution in [3.63, 3.8) is 0 Å². The molecule has 0 spiro atoms. The van der Waals surface area contributed by atoms with E-state index in [1.807, 2.05) is 19.2 Å². The zero-order chi connectivity index (χ0) is 11.3. The number of anilines is 1. The van der Waals surface area contributed by atoms with Gasteiger partial charge in [0.15, 0.2) is 0 Å². The zero-order valence-electron chi connectivity index (χ0n) is 8.91. The molecule has 1 aromatic heterocycles. The average molecular weight is 273 g/mol. The Kier molecular flexibility index (Phi) is 5.01. The average Bonchev–Trinajstić information content (AvgIpc) is 2.17. The summed E-state index contributed by atoms with van der Waals surface area (Å²) in [4.78, 5) is 6.47. The molecule has 1 heterocycles. The van der Waals surface area contributed by atoms with E-state index in [0.717, 1.165) is 28.9 Å². The van der Waals surface area contributed by atoms with E-state index in [-0.39, 0.29) is 0 Å². The van der Waals surface area contributed by atoms with Crippen LogP contribution in [-0.4, -0.2) is 31.2 Å². The van der Waals surface area contributed by atoms with Gasteiger partial charge >= 0.3 is 0 Å². The van der Waals surface area contributed by atoms with Gasteiger partial charge < -0.3 is 16.4 Å². The van der Waals surface area contributed by atoms with Crippen LogP contribution >= 0.6 is 15.9 Å². The number of halogens is 1. The van der Waals surface area contributed by atoms with E-state index >= 15 is 0 Å². The molecule has 4 nitrogen and oxygen atoms in total. The van der Waals surface area contributed by atoms with Crippen molar-refractivity contribution in [2.24, 2.45) is 11.5 Å². The summed E-state index contributed by atoms with van der Waals surface area (Å²) >= 11 is 3.50. The second-order valence-electron chi connectivity index (χ2n) is 3.38. The highest BCUT2D eigenvalue weighted by molar-refractivity contribution is 9.10. The molecule has 0 atom stereocenters. The molecular formula is C10H17BrN4. The Labute approximate surface area is 98.8 Å². The molecule has 84 valence electrons. The lowest BCUT2D eigenvalue weighted by Crippen LogP contribution is -2.34. The molecule has 0 saturated heterocycles. The number of nitrogens with two attached hydrogens (primary N) is 2. The summed E-state index contributed by atoms with van der Waals surface area (Å²) in [6, 6.07) is 2.04. The summed E-state index contributed by atoms with van der Waals surface area (Å²) in [5.74, 6) is 0.913. The fourth-order valence-corrected chi connectivity index (χ4v) is 2.11. The van der Waals surface area contributed by atoms with E-state index in [0.29, 0.717) is 13.1 Å². The molecule has 0 bridgehead atoms. The summed E-state index contributed by atoms with van der Waals surface area (Å²) in [6.45, 7) is 4.75. The number of aryl methyl sites for hydroxylation is 1. The van der Waals surface area contributed by atoms with Crippen LogP contribution in [0, 0.1) is 6.92 Å². The van der Waals surface area contributed by atoms with Gasteiger partial charge in [-0.25, -0.2) is 4.98 Å². The third-order valence-corrected chi connectivity index (χ3v) is 2.64. The maximum atomic E-state index is 5.55. The number of nitrogens with zero attached hydrogens (tertiary/aromatic N) is 2. The third kappa shape index (κ3) is 3.44.